The number of nitrogens with one attached hydrogen (secondary N) is 1. The highest BCUT2D eigenvalue weighted by molar-refractivity contribution is 6.33. The van der Waals surface area contributed by atoms with E-state index in [0.29, 0.717) is 23.1 Å². The number of carbonyl (C=O) groups is 1. The molecule has 9 heteroatoms. The Kier molecular flexibility index (Phi) is 3.99. The second-order valence-corrected chi connectivity index (χ2v) is 6.04. The van der Waals surface area contributed by atoms with Gasteiger partial charge < -0.3 is 16.0 Å². The van der Waals surface area contributed by atoms with Crippen LogP contribution >= 0.6 is 23.2 Å². The van der Waals surface area contributed by atoms with Crippen molar-refractivity contribution < 1.29 is 4.79 Å². The van der Waals surface area contributed by atoms with E-state index in [1.165, 1.54) is 0 Å². The third-order valence-corrected chi connectivity index (χ3v) is 4.48. The molecule has 7 nitrogen and oxygen atoms in total. The SMILES string of the molecule is Cc1cnc(CN2CC(=O)Nc3c(Cl)nc(N)nc32)c(C)c1Cl. The van der Waals surface area contributed by atoms with Gasteiger partial charge >= 0.3 is 0 Å². The smallest absolute Gasteiger partial charge is 0.244 e. The third kappa shape index (κ3) is 2.89. The first kappa shape index (κ1) is 15.8. The zero-order valence-corrected chi connectivity index (χ0v) is 14.0. The topological polar surface area (TPSA) is 97.0 Å². The number of aryl methyl sites for hydroxylation is 1. The first-order valence-electron chi connectivity index (χ1n) is 6.85. The summed E-state index contributed by atoms with van der Waals surface area (Å²) in [6.07, 6.45) is 1.71. The normalized spacial score (nSPS) is 13.7. The maximum Gasteiger partial charge on any atom is 0.244 e. The van der Waals surface area contributed by atoms with E-state index in [4.69, 9.17) is 28.9 Å². The summed E-state index contributed by atoms with van der Waals surface area (Å²) in [4.78, 5) is 26.1. The Morgan fingerprint density at radius 2 is 2.09 bits per heavy atom. The molecule has 0 aliphatic carbocycles. The van der Waals surface area contributed by atoms with Gasteiger partial charge in [-0.15, -0.1) is 0 Å². The Morgan fingerprint density at radius 3 is 2.83 bits per heavy atom. The number of amides is 1. The molecule has 2 aromatic heterocycles. The van der Waals surface area contributed by atoms with Crippen LogP contribution in [0.15, 0.2) is 6.20 Å². The van der Waals surface area contributed by atoms with Crippen LogP contribution in [0.25, 0.3) is 0 Å². The molecule has 120 valence electrons. The quantitative estimate of drug-likeness (QED) is 0.805. The number of aromatic nitrogens is 3. The number of fused-ring (bicyclic) bond motifs is 1. The van der Waals surface area contributed by atoms with Gasteiger partial charge in [-0.05, 0) is 25.0 Å². The van der Waals surface area contributed by atoms with E-state index in [1.54, 1.807) is 11.1 Å². The van der Waals surface area contributed by atoms with Gasteiger partial charge in [0.1, 0.15) is 5.69 Å². The van der Waals surface area contributed by atoms with E-state index in [0.717, 1.165) is 16.8 Å². The van der Waals surface area contributed by atoms with E-state index in [9.17, 15) is 4.79 Å². The molecule has 3 heterocycles. The molecule has 0 fully saturated rings. The molecule has 1 aliphatic rings. The van der Waals surface area contributed by atoms with Crippen molar-refractivity contribution in [2.24, 2.45) is 0 Å². The lowest BCUT2D eigenvalue weighted by Crippen LogP contribution is -2.39. The molecule has 3 N–H and O–H groups in total. The van der Waals surface area contributed by atoms with E-state index in [1.807, 2.05) is 13.8 Å². The number of rotatable bonds is 2. The van der Waals surface area contributed by atoms with E-state index in [2.05, 4.69) is 20.3 Å². The molecule has 0 saturated carbocycles. The Hall–Kier alpha value is -2.12. The minimum atomic E-state index is -0.205. The summed E-state index contributed by atoms with van der Waals surface area (Å²) in [5.74, 6) is 0.310. The monoisotopic (exact) mass is 352 g/mol. The number of hydrogen-bond acceptors (Lipinski definition) is 6. The average Bonchev–Trinajstić information content (AvgIpc) is 2.49. The summed E-state index contributed by atoms with van der Waals surface area (Å²) in [7, 11) is 0. The van der Waals surface area contributed by atoms with Gasteiger partial charge in [0.05, 0.1) is 18.8 Å². The van der Waals surface area contributed by atoms with Crippen molar-refractivity contribution in [1.29, 1.82) is 0 Å². The molecule has 3 rings (SSSR count). The van der Waals surface area contributed by atoms with Crippen LogP contribution in [-0.2, 0) is 11.3 Å². The molecular weight excluding hydrogens is 339 g/mol. The van der Waals surface area contributed by atoms with Gasteiger partial charge in [-0.25, -0.2) is 0 Å². The lowest BCUT2D eigenvalue weighted by Gasteiger charge is -2.30. The predicted molar refractivity (Wildman–Crippen MR) is 89.9 cm³/mol. The van der Waals surface area contributed by atoms with Gasteiger partial charge in [0.15, 0.2) is 11.0 Å². The average molecular weight is 353 g/mol. The van der Waals surface area contributed by atoms with Crippen LogP contribution in [0.5, 0.6) is 0 Å². The lowest BCUT2D eigenvalue weighted by molar-refractivity contribution is -0.115. The molecule has 0 unspecified atom stereocenters. The van der Waals surface area contributed by atoms with Crippen molar-refractivity contribution in [3.8, 4) is 0 Å². The fourth-order valence-electron chi connectivity index (χ4n) is 2.42. The minimum Gasteiger partial charge on any atom is -0.368 e. The fraction of sp³-hybridized carbons (Fsp3) is 0.286. The number of nitrogens with two attached hydrogens (primary N) is 1. The Balaban J connectivity index is 2.02. The maximum atomic E-state index is 11.9. The van der Waals surface area contributed by atoms with E-state index < -0.39 is 0 Å². The second-order valence-electron chi connectivity index (χ2n) is 5.30. The molecule has 0 bridgehead atoms. The van der Waals surface area contributed by atoms with Crippen LogP contribution in [0.2, 0.25) is 10.2 Å². The highest BCUT2D eigenvalue weighted by atomic mass is 35.5. The molecule has 0 aromatic carbocycles. The summed E-state index contributed by atoms with van der Waals surface area (Å²) in [6.45, 7) is 4.26. The van der Waals surface area contributed by atoms with E-state index in [-0.39, 0.29) is 23.6 Å². The van der Waals surface area contributed by atoms with Gasteiger partial charge in [-0.2, -0.15) is 9.97 Å². The summed E-state index contributed by atoms with van der Waals surface area (Å²) in [5, 5.41) is 3.44. The summed E-state index contributed by atoms with van der Waals surface area (Å²) < 4.78 is 0. The van der Waals surface area contributed by atoms with Crippen molar-refractivity contribution in [1.82, 2.24) is 15.0 Å². The molecule has 0 spiro atoms. The van der Waals surface area contributed by atoms with Crippen LogP contribution in [0, 0.1) is 13.8 Å². The number of anilines is 3. The number of halogens is 2. The maximum absolute atomic E-state index is 11.9. The van der Waals surface area contributed by atoms with Crippen LogP contribution in [0.1, 0.15) is 16.8 Å². The van der Waals surface area contributed by atoms with Gasteiger partial charge in [-0.1, -0.05) is 23.2 Å². The minimum absolute atomic E-state index is 0.0431. The highest BCUT2D eigenvalue weighted by Gasteiger charge is 2.27. The number of hydrogen-bond donors (Lipinski definition) is 2. The van der Waals surface area contributed by atoms with Crippen LogP contribution in [0.3, 0.4) is 0 Å². The number of pyridine rings is 1. The Bertz CT molecular complexity index is 810. The van der Waals surface area contributed by atoms with Crippen molar-refractivity contribution in [3.63, 3.8) is 0 Å². The summed E-state index contributed by atoms with van der Waals surface area (Å²) in [5.41, 5.74) is 8.55. The molecule has 0 atom stereocenters. The first-order chi connectivity index (χ1) is 10.9. The van der Waals surface area contributed by atoms with Crippen molar-refractivity contribution in [3.05, 3.63) is 33.2 Å². The van der Waals surface area contributed by atoms with Crippen LogP contribution in [0.4, 0.5) is 17.5 Å². The molecule has 1 aliphatic heterocycles. The molecule has 2 aromatic rings. The first-order valence-corrected chi connectivity index (χ1v) is 7.60. The molecule has 0 saturated heterocycles. The van der Waals surface area contributed by atoms with Gasteiger partial charge in [0.25, 0.3) is 0 Å². The standard InChI is InChI=1S/C14H14Cl2N6O/c1-6-3-18-8(7(2)10(6)15)4-22-5-9(23)19-11-12(16)20-14(17)21-13(11)22/h3H,4-5H2,1-2H3,(H,19,23)(H2,17,20,21). The second kappa shape index (κ2) is 5.82. The van der Waals surface area contributed by atoms with Gasteiger partial charge in [0.2, 0.25) is 11.9 Å². The highest BCUT2D eigenvalue weighted by Crippen LogP contribution is 2.34. The number of nitrogen functional groups attached to an aromatic ring is 1. The fourth-order valence-corrected chi connectivity index (χ4v) is 2.80. The van der Waals surface area contributed by atoms with Gasteiger partial charge in [-0.3, -0.25) is 9.78 Å². The zero-order valence-electron chi connectivity index (χ0n) is 12.5. The third-order valence-electron chi connectivity index (χ3n) is 3.62. The van der Waals surface area contributed by atoms with Crippen molar-refractivity contribution in [2.75, 3.05) is 22.5 Å². The summed E-state index contributed by atoms with van der Waals surface area (Å²) in [6, 6.07) is 0. The lowest BCUT2D eigenvalue weighted by atomic mass is 10.1. The number of nitrogens with zero attached hydrogens (tertiary/aromatic N) is 4. The summed E-state index contributed by atoms with van der Waals surface area (Å²) >= 11 is 12.3. The zero-order chi connectivity index (χ0) is 16.7. The van der Waals surface area contributed by atoms with Crippen LogP contribution in [-0.4, -0.2) is 27.4 Å². The Labute approximate surface area is 142 Å². The predicted octanol–water partition coefficient (Wildman–Crippen LogP) is 2.34. The number of carbonyl (C=O) groups excluding carboxylic acids is 1. The van der Waals surface area contributed by atoms with Gasteiger partial charge in [0, 0.05) is 11.2 Å². The van der Waals surface area contributed by atoms with Crippen molar-refractivity contribution >= 4 is 46.6 Å². The van der Waals surface area contributed by atoms with Crippen molar-refractivity contribution in [2.45, 2.75) is 20.4 Å². The van der Waals surface area contributed by atoms with E-state index >= 15 is 0 Å². The molecule has 23 heavy (non-hydrogen) atoms. The van der Waals surface area contributed by atoms with Crippen LogP contribution < -0.4 is 16.0 Å². The Morgan fingerprint density at radius 1 is 1.35 bits per heavy atom. The molecular formula is C14H14Cl2N6O. The molecule has 1 amide bonds. The largest absolute Gasteiger partial charge is 0.368 e. The molecule has 0 radical (unpaired) electrons.